The molecule has 1 amide bonds. The van der Waals surface area contributed by atoms with Gasteiger partial charge in [-0.1, -0.05) is 19.4 Å². The van der Waals surface area contributed by atoms with Gasteiger partial charge in [-0.3, -0.25) is 0 Å². The van der Waals surface area contributed by atoms with Gasteiger partial charge in [0.05, 0.1) is 13.2 Å². The molecule has 0 radical (unpaired) electrons. The van der Waals surface area contributed by atoms with Gasteiger partial charge in [0.1, 0.15) is 0 Å². The molecule has 0 atom stereocenters. The monoisotopic (exact) mass is 312 g/mol. The summed E-state index contributed by atoms with van der Waals surface area (Å²) < 4.78 is 4.91. The van der Waals surface area contributed by atoms with E-state index in [0.29, 0.717) is 31.6 Å². The summed E-state index contributed by atoms with van der Waals surface area (Å²) in [5.74, 6) is -0.458. The van der Waals surface area contributed by atoms with Crippen LogP contribution in [-0.2, 0) is 14.3 Å². The van der Waals surface area contributed by atoms with E-state index in [9.17, 15) is 14.4 Å². The third-order valence-corrected chi connectivity index (χ3v) is 2.94. The highest BCUT2D eigenvalue weighted by molar-refractivity contribution is 5.86. The number of ether oxygens (including phenoxy) is 1. The first kappa shape index (κ1) is 19.9. The van der Waals surface area contributed by atoms with E-state index < -0.39 is 12.1 Å². The zero-order chi connectivity index (χ0) is 16.8. The maximum absolute atomic E-state index is 11.2. The molecule has 22 heavy (non-hydrogen) atoms. The SMILES string of the molecule is C=C(C)C(=O)OCCCN(CCCCCCN=C=O)C(=O)O. The fourth-order valence-corrected chi connectivity index (χ4v) is 1.74. The number of hydrogen-bond donors (Lipinski definition) is 1. The molecule has 7 nitrogen and oxygen atoms in total. The van der Waals surface area contributed by atoms with Crippen molar-refractivity contribution in [3.63, 3.8) is 0 Å². The van der Waals surface area contributed by atoms with Crippen molar-refractivity contribution >= 4 is 18.1 Å². The van der Waals surface area contributed by atoms with Crippen LogP contribution in [0.2, 0.25) is 0 Å². The van der Waals surface area contributed by atoms with E-state index in [2.05, 4.69) is 11.6 Å². The second-order valence-corrected chi connectivity index (χ2v) is 4.93. The second kappa shape index (κ2) is 12.6. The molecule has 0 aliphatic carbocycles. The summed E-state index contributed by atoms with van der Waals surface area (Å²) in [5.41, 5.74) is 0.328. The molecule has 124 valence electrons. The normalized spacial score (nSPS) is 9.68. The van der Waals surface area contributed by atoms with Gasteiger partial charge in [0.2, 0.25) is 6.08 Å². The lowest BCUT2D eigenvalue weighted by Gasteiger charge is -2.19. The highest BCUT2D eigenvalue weighted by Gasteiger charge is 2.11. The Hall–Kier alpha value is -2.14. The minimum atomic E-state index is -0.975. The number of nitrogens with zero attached hydrogens (tertiary/aromatic N) is 2. The topological polar surface area (TPSA) is 96.3 Å². The molecule has 0 aromatic carbocycles. The minimum Gasteiger partial charge on any atom is -0.465 e. The Labute approximate surface area is 130 Å². The Bertz CT molecular complexity index is 416. The van der Waals surface area contributed by atoms with Gasteiger partial charge in [-0.15, -0.1) is 0 Å². The van der Waals surface area contributed by atoms with Gasteiger partial charge in [0, 0.05) is 18.7 Å². The standard InChI is InChI=1S/C15H24N2O5/c1-13(2)14(19)22-11-7-10-17(15(20)21)9-6-4-3-5-8-16-12-18/h1,3-11H2,2H3,(H,20,21). The molecule has 0 bridgehead atoms. The van der Waals surface area contributed by atoms with Gasteiger partial charge in [-0.2, -0.15) is 0 Å². The van der Waals surface area contributed by atoms with E-state index in [1.807, 2.05) is 0 Å². The molecule has 0 aromatic heterocycles. The zero-order valence-corrected chi connectivity index (χ0v) is 13.0. The fourth-order valence-electron chi connectivity index (χ4n) is 1.74. The molecule has 1 N–H and O–H groups in total. The number of hydrogen-bond acceptors (Lipinski definition) is 5. The Balaban J connectivity index is 3.78. The molecule has 0 rings (SSSR count). The number of amides is 1. The Kier molecular flexibility index (Phi) is 11.4. The van der Waals surface area contributed by atoms with Gasteiger partial charge < -0.3 is 14.7 Å². The maximum Gasteiger partial charge on any atom is 0.407 e. The Morgan fingerprint density at radius 3 is 2.41 bits per heavy atom. The molecule has 0 saturated carbocycles. The van der Waals surface area contributed by atoms with Gasteiger partial charge in [0.25, 0.3) is 0 Å². The minimum absolute atomic E-state index is 0.180. The van der Waals surface area contributed by atoms with Crippen LogP contribution >= 0.6 is 0 Å². The molecule has 0 unspecified atom stereocenters. The van der Waals surface area contributed by atoms with Gasteiger partial charge in [0.15, 0.2) is 0 Å². The van der Waals surface area contributed by atoms with Crippen LogP contribution in [0.1, 0.15) is 39.0 Å². The lowest BCUT2D eigenvalue weighted by molar-refractivity contribution is -0.139. The number of carboxylic acid groups (broad SMARTS) is 1. The lowest BCUT2D eigenvalue weighted by atomic mass is 10.2. The van der Waals surface area contributed by atoms with Crippen molar-refractivity contribution in [2.75, 3.05) is 26.2 Å². The summed E-state index contributed by atoms with van der Waals surface area (Å²) >= 11 is 0. The number of isocyanates is 1. The summed E-state index contributed by atoms with van der Waals surface area (Å²) in [6, 6.07) is 0. The van der Waals surface area contributed by atoms with Crippen LogP contribution in [0, 0.1) is 0 Å². The van der Waals surface area contributed by atoms with Crippen molar-refractivity contribution in [1.82, 2.24) is 4.90 Å². The van der Waals surface area contributed by atoms with Crippen molar-refractivity contribution in [3.8, 4) is 0 Å². The molecular formula is C15H24N2O5. The average Bonchev–Trinajstić information content (AvgIpc) is 2.47. The number of esters is 1. The molecule has 7 heteroatoms. The maximum atomic E-state index is 11.2. The smallest absolute Gasteiger partial charge is 0.407 e. The van der Waals surface area contributed by atoms with Crippen molar-refractivity contribution in [1.29, 1.82) is 0 Å². The van der Waals surface area contributed by atoms with Crippen LogP contribution in [0.3, 0.4) is 0 Å². The van der Waals surface area contributed by atoms with Crippen LogP contribution in [0.25, 0.3) is 0 Å². The summed E-state index contributed by atoms with van der Waals surface area (Å²) in [5, 5.41) is 9.09. The average molecular weight is 312 g/mol. The summed E-state index contributed by atoms with van der Waals surface area (Å²) in [6.07, 6.45) is 4.30. The van der Waals surface area contributed by atoms with Crippen molar-refractivity contribution in [3.05, 3.63) is 12.2 Å². The first-order valence-corrected chi connectivity index (χ1v) is 7.33. The number of rotatable bonds is 12. The third kappa shape index (κ3) is 10.6. The quantitative estimate of drug-likeness (QED) is 0.196. The van der Waals surface area contributed by atoms with Gasteiger partial charge in [-0.25, -0.2) is 19.4 Å². The third-order valence-electron chi connectivity index (χ3n) is 2.94. The number of carbonyl (C=O) groups is 2. The molecule has 0 saturated heterocycles. The highest BCUT2D eigenvalue weighted by atomic mass is 16.5. The number of unbranched alkanes of at least 4 members (excludes halogenated alkanes) is 3. The van der Waals surface area contributed by atoms with Gasteiger partial charge >= 0.3 is 12.1 Å². The van der Waals surface area contributed by atoms with E-state index >= 15 is 0 Å². The predicted molar refractivity (Wildman–Crippen MR) is 81.4 cm³/mol. The second-order valence-electron chi connectivity index (χ2n) is 4.93. The number of aliphatic imine (C=N–C) groups is 1. The lowest BCUT2D eigenvalue weighted by Crippen LogP contribution is -2.32. The van der Waals surface area contributed by atoms with Crippen LogP contribution in [-0.4, -0.2) is 54.4 Å². The van der Waals surface area contributed by atoms with Gasteiger partial charge in [-0.05, 0) is 26.2 Å². The highest BCUT2D eigenvalue weighted by Crippen LogP contribution is 2.04. The predicted octanol–water partition coefficient (Wildman–Crippen LogP) is 2.37. The van der Waals surface area contributed by atoms with E-state index in [1.54, 1.807) is 6.92 Å². The van der Waals surface area contributed by atoms with E-state index in [-0.39, 0.29) is 6.61 Å². The molecule has 0 spiro atoms. The van der Waals surface area contributed by atoms with E-state index in [0.717, 1.165) is 25.7 Å². The first-order valence-electron chi connectivity index (χ1n) is 7.33. The molecular weight excluding hydrogens is 288 g/mol. The van der Waals surface area contributed by atoms with Crippen molar-refractivity contribution in [2.45, 2.75) is 39.0 Å². The summed E-state index contributed by atoms with van der Waals surface area (Å²) in [7, 11) is 0. The fraction of sp³-hybridized carbons (Fsp3) is 0.667. The number of carbonyl (C=O) groups excluding carboxylic acids is 2. The van der Waals surface area contributed by atoms with Crippen LogP contribution in [0.4, 0.5) is 4.79 Å². The summed E-state index contributed by atoms with van der Waals surface area (Å²) in [4.78, 5) is 36.9. The summed E-state index contributed by atoms with van der Waals surface area (Å²) in [6.45, 7) is 6.45. The molecule has 0 heterocycles. The Morgan fingerprint density at radius 1 is 1.18 bits per heavy atom. The molecule has 0 aromatic rings. The van der Waals surface area contributed by atoms with Crippen LogP contribution < -0.4 is 0 Å². The van der Waals surface area contributed by atoms with Crippen LogP contribution in [0.15, 0.2) is 17.1 Å². The van der Waals surface area contributed by atoms with E-state index in [4.69, 9.17) is 9.84 Å². The largest absolute Gasteiger partial charge is 0.465 e. The molecule has 0 aliphatic rings. The first-order chi connectivity index (χ1) is 10.5. The van der Waals surface area contributed by atoms with Crippen molar-refractivity contribution in [2.24, 2.45) is 4.99 Å². The van der Waals surface area contributed by atoms with Crippen molar-refractivity contribution < 1.29 is 24.2 Å². The molecule has 0 fully saturated rings. The van der Waals surface area contributed by atoms with E-state index in [1.165, 1.54) is 11.0 Å². The molecule has 0 aliphatic heterocycles. The Morgan fingerprint density at radius 2 is 1.82 bits per heavy atom. The van der Waals surface area contributed by atoms with Crippen LogP contribution in [0.5, 0.6) is 0 Å². The zero-order valence-electron chi connectivity index (χ0n) is 13.0.